The average Bonchev–Trinajstić information content (AvgIpc) is 2.82. The van der Waals surface area contributed by atoms with Gasteiger partial charge in [-0.2, -0.15) is 0 Å². The maximum atomic E-state index is 12.3. The van der Waals surface area contributed by atoms with Gasteiger partial charge in [0.15, 0.2) is 11.5 Å². The molecular weight excluding hydrogens is 432 g/mol. The van der Waals surface area contributed by atoms with E-state index in [1.807, 2.05) is 0 Å². The first-order valence-electron chi connectivity index (χ1n) is 13.2. The lowest BCUT2D eigenvalue weighted by molar-refractivity contribution is -0.145. The maximum Gasteiger partial charge on any atom is 0.306 e. The smallest absolute Gasteiger partial charge is 0.306 e. The summed E-state index contributed by atoms with van der Waals surface area (Å²) >= 11 is 0. The van der Waals surface area contributed by atoms with Gasteiger partial charge in [-0.3, -0.25) is 9.59 Å². The molecule has 0 spiro atoms. The van der Waals surface area contributed by atoms with Gasteiger partial charge in [-0.15, -0.1) is 0 Å². The molecule has 0 radical (unpaired) electrons. The van der Waals surface area contributed by atoms with Crippen LogP contribution in [0.15, 0.2) is 18.2 Å². The zero-order chi connectivity index (χ0) is 25.0. The SMILES string of the molecule is CCCCCCC(CCCCCCCCCC(=O)O)CCC(=O)OCc1ccc(O)c(OC)c1. The van der Waals surface area contributed by atoms with Crippen LogP contribution in [0.3, 0.4) is 0 Å². The zero-order valence-corrected chi connectivity index (χ0v) is 21.4. The van der Waals surface area contributed by atoms with Gasteiger partial charge in [0.1, 0.15) is 6.61 Å². The summed E-state index contributed by atoms with van der Waals surface area (Å²) in [5.41, 5.74) is 0.794. The van der Waals surface area contributed by atoms with E-state index in [4.69, 9.17) is 14.6 Å². The van der Waals surface area contributed by atoms with E-state index in [1.54, 1.807) is 18.2 Å². The molecule has 0 aromatic heterocycles. The van der Waals surface area contributed by atoms with Crippen molar-refractivity contribution in [3.05, 3.63) is 23.8 Å². The minimum absolute atomic E-state index is 0.0710. The lowest BCUT2D eigenvalue weighted by Gasteiger charge is -2.17. The van der Waals surface area contributed by atoms with Crippen molar-refractivity contribution in [1.29, 1.82) is 0 Å². The van der Waals surface area contributed by atoms with Gasteiger partial charge < -0.3 is 19.7 Å². The summed E-state index contributed by atoms with van der Waals surface area (Å²) in [4.78, 5) is 22.9. The van der Waals surface area contributed by atoms with Crippen LogP contribution in [-0.2, 0) is 20.9 Å². The molecule has 0 bridgehead atoms. The van der Waals surface area contributed by atoms with Crippen molar-refractivity contribution >= 4 is 11.9 Å². The molecule has 0 saturated carbocycles. The quantitative estimate of drug-likeness (QED) is 0.141. The van der Waals surface area contributed by atoms with Crippen molar-refractivity contribution in [2.45, 2.75) is 116 Å². The summed E-state index contributed by atoms with van der Waals surface area (Å²) in [6.07, 6.45) is 16.6. The number of hydrogen-bond donors (Lipinski definition) is 2. The van der Waals surface area contributed by atoms with Crippen LogP contribution in [0, 0.1) is 5.92 Å². The molecule has 0 heterocycles. The molecule has 1 unspecified atom stereocenters. The van der Waals surface area contributed by atoms with Crippen LogP contribution >= 0.6 is 0 Å². The fraction of sp³-hybridized carbons (Fsp3) is 0.714. The first-order valence-corrected chi connectivity index (χ1v) is 13.2. The second-order valence-corrected chi connectivity index (χ2v) is 9.33. The van der Waals surface area contributed by atoms with E-state index in [9.17, 15) is 14.7 Å². The summed E-state index contributed by atoms with van der Waals surface area (Å²) in [7, 11) is 1.49. The Hall–Kier alpha value is -2.24. The van der Waals surface area contributed by atoms with E-state index < -0.39 is 5.97 Å². The van der Waals surface area contributed by atoms with Crippen LogP contribution in [-0.4, -0.2) is 29.3 Å². The van der Waals surface area contributed by atoms with Gasteiger partial charge in [0, 0.05) is 12.8 Å². The number of ether oxygens (including phenoxy) is 2. The normalized spacial score (nSPS) is 11.8. The summed E-state index contributed by atoms with van der Waals surface area (Å²) in [5.74, 6) is 0.137. The number of methoxy groups -OCH3 is 1. The highest BCUT2D eigenvalue weighted by atomic mass is 16.5. The number of rotatable bonds is 21. The Kier molecular flexibility index (Phi) is 16.7. The molecule has 1 rings (SSSR count). The number of carbonyl (C=O) groups is 2. The molecule has 1 aromatic carbocycles. The lowest BCUT2D eigenvalue weighted by atomic mass is 9.90. The zero-order valence-electron chi connectivity index (χ0n) is 21.4. The fourth-order valence-electron chi connectivity index (χ4n) is 4.26. The van der Waals surface area contributed by atoms with Gasteiger partial charge in [-0.05, 0) is 36.5 Å². The molecule has 6 nitrogen and oxygen atoms in total. The van der Waals surface area contributed by atoms with Crippen molar-refractivity contribution in [3.63, 3.8) is 0 Å². The van der Waals surface area contributed by atoms with Crippen LogP contribution < -0.4 is 4.74 Å². The topological polar surface area (TPSA) is 93.1 Å². The number of unbranched alkanes of at least 4 members (excludes halogenated alkanes) is 9. The third kappa shape index (κ3) is 14.8. The molecular formula is C28H46O6. The summed E-state index contributed by atoms with van der Waals surface area (Å²) in [6.45, 7) is 2.40. The van der Waals surface area contributed by atoms with Crippen molar-refractivity contribution in [3.8, 4) is 11.5 Å². The largest absolute Gasteiger partial charge is 0.504 e. The number of aromatic hydroxyl groups is 1. The van der Waals surface area contributed by atoms with Crippen molar-refractivity contribution in [2.75, 3.05) is 7.11 Å². The van der Waals surface area contributed by atoms with E-state index in [2.05, 4.69) is 6.92 Å². The molecule has 0 aliphatic rings. The third-order valence-corrected chi connectivity index (χ3v) is 6.37. The van der Waals surface area contributed by atoms with Gasteiger partial charge in [-0.1, -0.05) is 90.0 Å². The second-order valence-electron chi connectivity index (χ2n) is 9.33. The van der Waals surface area contributed by atoms with E-state index in [0.29, 0.717) is 18.1 Å². The van der Waals surface area contributed by atoms with Gasteiger partial charge in [-0.25, -0.2) is 0 Å². The van der Waals surface area contributed by atoms with Crippen molar-refractivity contribution in [2.24, 2.45) is 5.92 Å². The van der Waals surface area contributed by atoms with Crippen LogP contribution in [0.25, 0.3) is 0 Å². The number of carboxylic acids is 1. The molecule has 34 heavy (non-hydrogen) atoms. The highest BCUT2D eigenvalue weighted by molar-refractivity contribution is 5.69. The Morgan fingerprint density at radius 3 is 2.09 bits per heavy atom. The lowest BCUT2D eigenvalue weighted by Crippen LogP contribution is -2.09. The molecule has 0 amide bonds. The third-order valence-electron chi connectivity index (χ3n) is 6.37. The Morgan fingerprint density at radius 1 is 0.853 bits per heavy atom. The van der Waals surface area contributed by atoms with Crippen LogP contribution in [0.4, 0.5) is 0 Å². The number of carbonyl (C=O) groups excluding carboxylic acids is 1. The van der Waals surface area contributed by atoms with Gasteiger partial charge >= 0.3 is 11.9 Å². The van der Waals surface area contributed by atoms with Crippen LogP contribution in [0.5, 0.6) is 11.5 Å². The monoisotopic (exact) mass is 478 g/mol. The first-order chi connectivity index (χ1) is 16.5. The van der Waals surface area contributed by atoms with Gasteiger partial charge in [0.05, 0.1) is 7.11 Å². The van der Waals surface area contributed by atoms with Gasteiger partial charge in [0.25, 0.3) is 0 Å². The maximum absolute atomic E-state index is 12.3. The molecule has 194 valence electrons. The summed E-state index contributed by atoms with van der Waals surface area (Å²) in [5, 5.41) is 18.4. The summed E-state index contributed by atoms with van der Waals surface area (Å²) in [6, 6.07) is 4.96. The Bertz CT molecular complexity index is 687. The molecule has 0 aliphatic heterocycles. The number of hydrogen-bond acceptors (Lipinski definition) is 5. The average molecular weight is 479 g/mol. The number of carboxylic acid groups (broad SMARTS) is 1. The molecule has 6 heteroatoms. The Balaban J connectivity index is 2.29. The van der Waals surface area contributed by atoms with Crippen molar-refractivity contribution < 1.29 is 29.3 Å². The molecule has 0 aliphatic carbocycles. The number of esters is 1. The van der Waals surface area contributed by atoms with E-state index in [1.165, 1.54) is 64.9 Å². The highest BCUT2D eigenvalue weighted by Gasteiger charge is 2.13. The van der Waals surface area contributed by atoms with Crippen molar-refractivity contribution in [1.82, 2.24) is 0 Å². The molecule has 0 fully saturated rings. The van der Waals surface area contributed by atoms with Crippen LogP contribution in [0.2, 0.25) is 0 Å². The number of benzene rings is 1. The fourth-order valence-corrected chi connectivity index (χ4v) is 4.26. The highest BCUT2D eigenvalue weighted by Crippen LogP contribution is 2.27. The Morgan fingerprint density at radius 2 is 1.47 bits per heavy atom. The molecule has 1 atom stereocenters. The second kappa shape index (κ2) is 19.1. The predicted octanol–water partition coefficient (Wildman–Crippen LogP) is 7.41. The number of aliphatic carboxylic acids is 1. The Labute approximate surface area is 206 Å². The number of phenols is 1. The molecule has 1 aromatic rings. The standard InChI is InChI=1S/C28H46O6/c1-3-4-5-11-14-23(15-12-9-7-6-8-10-13-16-27(30)31)18-20-28(32)34-22-24-17-19-25(29)26(21-24)33-2/h17,19,21,23,29H,3-16,18,20,22H2,1-2H3,(H,30,31). The number of phenolic OH excluding ortho intramolecular Hbond substituents is 1. The van der Waals surface area contributed by atoms with Crippen LogP contribution in [0.1, 0.15) is 115 Å². The van der Waals surface area contributed by atoms with Gasteiger partial charge in [0.2, 0.25) is 0 Å². The van der Waals surface area contributed by atoms with E-state index in [-0.39, 0.29) is 24.7 Å². The van der Waals surface area contributed by atoms with E-state index >= 15 is 0 Å². The molecule has 2 N–H and O–H groups in total. The molecule has 0 saturated heterocycles. The first kappa shape index (κ1) is 29.8. The minimum atomic E-state index is -0.700. The minimum Gasteiger partial charge on any atom is -0.504 e. The van der Waals surface area contributed by atoms with E-state index in [0.717, 1.165) is 37.7 Å². The summed E-state index contributed by atoms with van der Waals surface area (Å²) < 4.78 is 10.6. The predicted molar refractivity (Wildman–Crippen MR) is 135 cm³/mol.